The number of piperazine rings is 1. The Balaban J connectivity index is 1.91. The van der Waals surface area contributed by atoms with Gasteiger partial charge in [0.15, 0.2) is 0 Å². The van der Waals surface area contributed by atoms with Gasteiger partial charge in [0.1, 0.15) is 5.75 Å². The van der Waals surface area contributed by atoms with Gasteiger partial charge in [-0.1, -0.05) is 37.0 Å². The van der Waals surface area contributed by atoms with Crippen molar-refractivity contribution in [3.05, 3.63) is 29.3 Å². The van der Waals surface area contributed by atoms with E-state index < -0.39 is 0 Å². The van der Waals surface area contributed by atoms with E-state index in [0.717, 1.165) is 31.7 Å². The standard InChI is InChI=1S/C18H28N2O/c1-14-7-8-17(21)16(13-14)18(15-5-3-2-4-6-15)20-11-9-19-10-12-20/h7-8,13,15,18-19,21H,2-6,9-12H2,1H3/t18-/m0/s1. The maximum absolute atomic E-state index is 10.4. The predicted octanol–water partition coefficient (Wildman–Crippen LogP) is 3.23. The largest absolute Gasteiger partial charge is 0.508 e. The molecule has 0 unspecified atom stereocenters. The minimum atomic E-state index is 0.396. The van der Waals surface area contributed by atoms with Crippen LogP contribution in [0.25, 0.3) is 0 Å². The van der Waals surface area contributed by atoms with Crippen molar-refractivity contribution in [2.45, 2.75) is 45.1 Å². The summed E-state index contributed by atoms with van der Waals surface area (Å²) in [6.07, 6.45) is 6.69. The molecule has 1 aromatic rings. The Kier molecular flexibility index (Phi) is 4.81. The van der Waals surface area contributed by atoms with Crippen LogP contribution < -0.4 is 5.32 Å². The zero-order valence-electron chi connectivity index (χ0n) is 13.1. The van der Waals surface area contributed by atoms with Crippen molar-refractivity contribution in [2.75, 3.05) is 26.2 Å². The number of benzene rings is 1. The number of rotatable bonds is 3. The molecular weight excluding hydrogens is 260 g/mol. The second-order valence-corrected chi connectivity index (χ2v) is 6.69. The highest BCUT2D eigenvalue weighted by Gasteiger charge is 2.32. The normalized spacial score (nSPS) is 23.1. The highest BCUT2D eigenvalue weighted by atomic mass is 16.3. The van der Waals surface area contributed by atoms with Gasteiger partial charge in [-0.15, -0.1) is 0 Å². The van der Waals surface area contributed by atoms with Gasteiger partial charge in [0, 0.05) is 37.8 Å². The Morgan fingerprint density at radius 2 is 1.86 bits per heavy atom. The smallest absolute Gasteiger partial charge is 0.120 e. The van der Waals surface area contributed by atoms with E-state index in [0.29, 0.717) is 17.7 Å². The van der Waals surface area contributed by atoms with Crippen molar-refractivity contribution >= 4 is 0 Å². The molecule has 1 aromatic carbocycles. The number of nitrogens with zero attached hydrogens (tertiary/aromatic N) is 1. The quantitative estimate of drug-likeness (QED) is 0.896. The molecule has 3 nitrogen and oxygen atoms in total. The second-order valence-electron chi connectivity index (χ2n) is 6.69. The number of aromatic hydroxyl groups is 1. The monoisotopic (exact) mass is 288 g/mol. The summed E-state index contributed by atoms with van der Waals surface area (Å²) in [7, 11) is 0. The van der Waals surface area contributed by atoms with Crippen LogP contribution in [0.4, 0.5) is 0 Å². The fourth-order valence-electron chi connectivity index (χ4n) is 4.07. The van der Waals surface area contributed by atoms with Crippen molar-refractivity contribution in [1.29, 1.82) is 0 Å². The molecule has 0 radical (unpaired) electrons. The minimum Gasteiger partial charge on any atom is -0.508 e. The minimum absolute atomic E-state index is 0.396. The maximum atomic E-state index is 10.4. The summed E-state index contributed by atoms with van der Waals surface area (Å²) in [6, 6.07) is 6.49. The molecule has 1 saturated heterocycles. The summed E-state index contributed by atoms with van der Waals surface area (Å²) in [6.45, 7) is 6.44. The zero-order valence-corrected chi connectivity index (χ0v) is 13.1. The van der Waals surface area contributed by atoms with Crippen molar-refractivity contribution in [3.63, 3.8) is 0 Å². The third kappa shape index (κ3) is 3.41. The lowest BCUT2D eigenvalue weighted by molar-refractivity contribution is 0.101. The van der Waals surface area contributed by atoms with Crippen LogP contribution in [0.15, 0.2) is 18.2 Å². The van der Waals surface area contributed by atoms with Crippen molar-refractivity contribution in [1.82, 2.24) is 10.2 Å². The SMILES string of the molecule is Cc1ccc(O)c([C@H](C2CCCCC2)N2CCNCC2)c1. The number of aryl methyl sites for hydroxylation is 1. The van der Waals surface area contributed by atoms with Crippen LogP contribution in [0.5, 0.6) is 5.75 Å². The lowest BCUT2D eigenvalue weighted by Crippen LogP contribution is -2.47. The van der Waals surface area contributed by atoms with Crippen molar-refractivity contribution < 1.29 is 5.11 Å². The van der Waals surface area contributed by atoms with E-state index in [2.05, 4.69) is 23.2 Å². The van der Waals surface area contributed by atoms with Crippen molar-refractivity contribution in [3.8, 4) is 5.75 Å². The third-order valence-corrected chi connectivity index (χ3v) is 5.14. The van der Waals surface area contributed by atoms with Crippen molar-refractivity contribution in [2.24, 2.45) is 5.92 Å². The Morgan fingerprint density at radius 3 is 2.57 bits per heavy atom. The molecule has 0 spiro atoms. The first kappa shape index (κ1) is 14.9. The van der Waals surface area contributed by atoms with Crippen LogP contribution in [0.3, 0.4) is 0 Å². The van der Waals surface area contributed by atoms with E-state index in [4.69, 9.17) is 0 Å². The summed E-state index contributed by atoms with van der Waals surface area (Å²) in [5.74, 6) is 1.18. The average molecular weight is 288 g/mol. The highest BCUT2D eigenvalue weighted by Crippen LogP contribution is 2.41. The molecule has 1 atom stereocenters. The van der Waals surface area contributed by atoms with Crippen LogP contribution in [-0.2, 0) is 0 Å². The number of hydrogen-bond acceptors (Lipinski definition) is 3. The van der Waals surface area contributed by atoms with E-state index in [1.807, 2.05) is 12.1 Å². The second kappa shape index (κ2) is 6.80. The fraction of sp³-hybridized carbons (Fsp3) is 0.667. The van der Waals surface area contributed by atoms with Gasteiger partial charge in [-0.3, -0.25) is 4.90 Å². The number of nitrogens with one attached hydrogen (secondary N) is 1. The van der Waals surface area contributed by atoms with Gasteiger partial charge in [0.25, 0.3) is 0 Å². The summed E-state index contributed by atoms with van der Waals surface area (Å²) in [4.78, 5) is 2.60. The van der Waals surface area contributed by atoms with Crippen LogP contribution in [0, 0.1) is 12.8 Å². The van der Waals surface area contributed by atoms with Gasteiger partial charge in [0.05, 0.1) is 0 Å². The van der Waals surface area contributed by atoms with Gasteiger partial charge in [-0.25, -0.2) is 0 Å². The molecule has 2 fully saturated rings. The molecule has 1 aliphatic carbocycles. The van der Waals surface area contributed by atoms with Crippen LogP contribution in [-0.4, -0.2) is 36.2 Å². The number of phenolic OH excluding ortho intramolecular Hbond substituents is 1. The molecule has 0 amide bonds. The lowest BCUT2D eigenvalue weighted by Gasteiger charge is -2.41. The zero-order chi connectivity index (χ0) is 14.7. The fourth-order valence-corrected chi connectivity index (χ4v) is 4.07. The van der Waals surface area contributed by atoms with Gasteiger partial charge < -0.3 is 10.4 Å². The molecule has 2 aliphatic rings. The summed E-state index contributed by atoms with van der Waals surface area (Å²) < 4.78 is 0. The Bertz CT molecular complexity index is 444. The van der Waals surface area contributed by atoms with Gasteiger partial charge in [0.2, 0.25) is 0 Å². The molecule has 1 aliphatic heterocycles. The summed E-state index contributed by atoms with van der Waals surface area (Å²) in [5, 5.41) is 13.9. The number of phenols is 1. The van der Waals surface area contributed by atoms with Crippen LogP contribution in [0.1, 0.15) is 49.3 Å². The molecule has 1 saturated carbocycles. The molecule has 1 heterocycles. The van der Waals surface area contributed by atoms with Crippen LogP contribution in [0.2, 0.25) is 0 Å². The van der Waals surface area contributed by atoms with E-state index in [-0.39, 0.29) is 0 Å². The first-order valence-corrected chi connectivity index (χ1v) is 8.50. The van der Waals surface area contributed by atoms with E-state index in [1.54, 1.807) is 0 Å². The molecule has 21 heavy (non-hydrogen) atoms. The predicted molar refractivity (Wildman–Crippen MR) is 86.6 cm³/mol. The molecule has 3 heteroatoms. The van der Waals surface area contributed by atoms with Gasteiger partial charge in [-0.2, -0.15) is 0 Å². The molecule has 116 valence electrons. The van der Waals surface area contributed by atoms with E-state index in [1.165, 1.54) is 37.7 Å². The first-order chi connectivity index (χ1) is 10.3. The molecular formula is C18H28N2O. The average Bonchev–Trinajstić information content (AvgIpc) is 2.53. The topological polar surface area (TPSA) is 35.5 Å². The molecule has 0 aromatic heterocycles. The number of hydrogen-bond donors (Lipinski definition) is 2. The molecule has 2 N–H and O–H groups in total. The third-order valence-electron chi connectivity index (χ3n) is 5.14. The van der Waals surface area contributed by atoms with Gasteiger partial charge in [-0.05, 0) is 31.7 Å². The van der Waals surface area contributed by atoms with Gasteiger partial charge >= 0.3 is 0 Å². The van der Waals surface area contributed by atoms with Crippen LogP contribution >= 0.6 is 0 Å². The first-order valence-electron chi connectivity index (χ1n) is 8.50. The lowest BCUT2D eigenvalue weighted by atomic mass is 9.79. The molecule has 0 bridgehead atoms. The highest BCUT2D eigenvalue weighted by molar-refractivity contribution is 5.38. The summed E-state index contributed by atoms with van der Waals surface area (Å²) in [5.41, 5.74) is 2.41. The summed E-state index contributed by atoms with van der Waals surface area (Å²) >= 11 is 0. The maximum Gasteiger partial charge on any atom is 0.120 e. The Morgan fingerprint density at radius 1 is 1.14 bits per heavy atom. The molecule has 3 rings (SSSR count). The Labute approximate surface area is 128 Å². The Hall–Kier alpha value is -1.06. The van der Waals surface area contributed by atoms with E-state index in [9.17, 15) is 5.11 Å². The van der Waals surface area contributed by atoms with E-state index >= 15 is 0 Å².